The van der Waals surface area contributed by atoms with E-state index in [9.17, 15) is 4.79 Å². The Morgan fingerprint density at radius 1 is 1.06 bits per heavy atom. The average molecular weight is 436 g/mol. The van der Waals surface area contributed by atoms with E-state index in [2.05, 4.69) is 44.2 Å². The molecule has 2 aromatic heterocycles. The van der Waals surface area contributed by atoms with Crippen molar-refractivity contribution >= 4 is 34.7 Å². The predicted molar refractivity (Wildman–Crippen MR) is 123 cm³/mol. The van der Waals surface area contributed by atoms with E-state index < -0.39 is 0 Å². The molecule has 2 aliphatic heterocycles. The van der Waals surface area contributed by atoms with E-state index in [0.717, 1.165) is 24.3 Å². The van der Waals surface area contributed by atoms with Gasteiger partial charge in [-0.2, -0.15) is 16.3 Å². The van der Waals surface area contributed by atoms with E-state index in [1.54, 1.807) is 11.3 Å². The van der Waals surface area contributed by atoms with Crippen molar-refractivity contribution < 1.29 is 9.53 Å². The van der Waals surface area contributed by atoms with Crippen molar-refractivity contribution in [2.45, 2.75) is 26.4 Å². The van der Waals surface area contributed by atoms with Crippen LogP contribution in [-0.4, -0.2) is 53.1 Å². The van der Waals surface area contributed by atoms with Crippen molar-refractivity contribution in [2.24, 2.45) is 0 Å². The minimum absolute atomic E-state index is 0.0298. The second-order valence-corrected chi connectivity index (χ2v) is 8.82. The van der Waals surface area contributed by atoms with Gasteiger partial charge in [-0.05, 0) is 53.9 Å². The first-order chi connectivity index (χ1) is 15.1. The molecule has 0 unspecified atom stereocenters. The molecule has 0 atom stereocenters. The standard InChI is InChI=1S/C23H25N5O2S/c1-15(2)28-13-19-20(22(28)29)25-23(27-8-10-30-11-9-27)26-21(19)24-18-5-3-16(4-6-18)17-7-12-31-14-17/h3-7,12,14-15H,8-11,13H2,1-2H3,(H,24,25,26). The van der Waals surface area contributed by atoms with E-state index in [0.29, 0.717) is 37.2 Å². The third kappa shape index (κ3) is 3.88. The van der Waals surface area contributed by atoms with E-state index in [4.69, 9.17) is 9.72 Å². The first-order valence-electron chi connectivity index (χ1n) is 10.5. The number of fused-ring (bicyclic) bond motifs is 1. The number of carbonyl (C=O) groups excluding carboxylic acids is 1. The molecule has 8 heteroatoms. The zero-order valence-electron chi connectivity index (χ0n) is 17.7. The summed E-state index contributed by atoms with van der Waals surface area (Å²) in [5.74, 6) is 1.25. The SMILES string of the molecule is CC(C)N1Cc2c(Nc3ccc(-c4ccsc4)cc3)nc(N3CCOCC3)nc2C1=O. The maximum atomic E-state index is 13.0. The van der Waals surface area contributed by atoms with Crippen LogP contribution >= 0.6 is 11.3 Å². The number of nitrogens with zero attached hydrogens (tertiary/aromatic N) is 4. The maximum absolute atomic E-state index is 13.0. The van der Waals surface area contributed by atoms with Crippen molar-refractivity contribution in [3.63, 3.8) is 0 Å². The molecule has 1 N–H and O–H groups in total. The van der Waals surface area contributed by atoms with Gasteiger partial charge in [-0.3, -0.25) is 4.79 Å². The largest absolute Gasteiger partial charge is 0.378 e. The quantitative estimate of drug-likeness (QED) is 0.649. The Hall–Kier alpha value is -2.97. The van der Waals surface area contributed by atoms with Crippen molar-refractivity contribution in [1.82, 2.24) is 14.9 Å². The molecule has 7 nitrogen and oxygen atoms in total. The number of anilines is 3. The highest BCUT2D eigenvalue weighted by molar-refractivity contribution is 7.08. The Balaban J connectivity index is 1.49. The lowest BCUT2D eigenvalue weighted by atomic mass is 10.1. The van der Waals surface area contributed by atoms with Gasteiger partial charge in [0.2, 0.25) is 5.95 Å². The summed E-state index contributed by atoms with van der Waals surface area (Å²) in [5.41, 5.74) is 4.69. The summed E-state index contributed by atoms with van der Waals surface area (Å²) in [5, 5.41) is 7.67. The second kappa shape index (κ2) is 8.28. The highest BCUT2D eigenvalue weighted by Gasteiger charge is 2.35. The number of thiophene rings is 1. The van der Waals surface area contributed by atoms with Crippen molar-refractivity contribution in [3.05, 3.63) is 52.3 Å². The highest BCUT2D eigenvalue weighted by Crippen LogP contribution is 2.33. The molecule has 1 aromatic carbocycles. The molecule has 0 spiro atoms. The first kappa shape index (κ1) is 20.0. The molecule has 31 heavy (non-hydrogen) atoms. The molecule has 0 bridgehead atoms. The number of nitrogens with one attached hydrogen (secondary N) is 1. The zero-order valence-corrected chi connectivity index (χ0v) is 18.5. The number of aromatic nitrogens is 2. The summed E-state index contributed by atoms with van der Waals surface area (Å²) in [6.45, 7) is 7.28. The van der Waals surface area contributed by atoms with E-state index in [1.807, 2.05) is 30.9 Å². The van der Waals surface area contributed by atoms with Crippen LogP contribution in [0.4, 0.5) is 17.5 Å². The summed E-state index contributed by atoms with van der Waals surface area (Å²) in [4.78, 5) is 26.4. The lowest BCUT2D eigenvalue weighted by Crippen LogP contribution is -2.37. The smallest absolute Gasteiger partial charge is 0.273 e. The van der Waals surface area contributed by atoms with E-state index >= 15 is 0 Å². The third-order valence-corrected chi connectivity index (χ3v) is 6.39. The molecule has 3 aromatic rings. The van der Waals surface area contributed by atoms with Crippen LogP contribution in [0.2, 0.25) is 0 Å². The summed E-state index contributed by atoms with van der Waals surface area (Å²) < 4.78 is 5.46. The minimum atomic E-state index is -0.0298. The normalized spacial score (nSPS) is 16.2. The molecule has 2 aliphatic rings. The average Bonchev–Trinajstić information content (AvgIpc) is 3.44. The Kier molecular flexibility index (Phi) is 5.33. The number of hydrogen-bond acceptors (Lipinski definition) is 7. The fraction of sp³-hybridized carbons (Fsp3) is 0.348. The van der Waals surface area contributed by atoms with Gasteiger partial charge in [0.1, 0.15) is 11.5 Å². The van der Waals surface area contributed by atoms with Crippen molar-refractivity contribution in [1.29, 1.82) is 0 Å². The number of benzene rings is 1. The van der Waals surface area contributed by atoms with Crippen molar-refractivity contribution in [2.75, 3.05) is 36.5 Å². The van der Waals surface area contributed by atoms with Crippen LogP contribution in [0.1, 0.15) is 29.9 Å². The molecule has 4 heterocycles. The van der Waals surface area contributed by atoms with E-state index in [-0.39, 0.29) is 11.9 Å². The lowest BCUT2D eigenvalue weighted by Gasteiger charge is -2.27. The van der Waals surface area contributed by atoms with Gasteiger partial charge in [0.25, 0.3) is 5.91 Å². The van der Waals surface area contributed by atoms with Crippen molar-refractivity contribution in [3.8, 4) is 11.1 Å². The van der Waals surface area contributed by atoms with Crippen LogP contribution in [0.3, 0.4) is 0 Å². The van der Waals surface area contributed by atoms with Crippen LogP contribution in [0.5, 0.6) is 0 Å². The molecule has 160 valence electrons. The van der Waals surface area contributed by atoms with Crippen LogP contribution in [0.15, 0.2) is 41.1 Å². The Labute approximate surface area is 185 Å². The molecule has 1 fully saturated rings. The summed E-state index contributed by atoms with van der Waals surface area (Å²) >= 11 is 1.69. The predicted octanol–water partition coefficient (Wildman–Crippen LogP) is 4.15. The lowest BCUT2D eigenvalue weighted by molar-refractivity contribution is 0.0726. The second-order valence-electron chi connectivity index (χ2n) is 8.04. The fourth-order valence-electron chi connectivity index (χ4n) is 3.91. The highest BCUT2D eigenvalue weighted by atomic mass is 32.1. The van der Waals surface area contributed by atoms with E-state index in [1.165, 1.54) is 11.1 Å². The molecular formula is C23H25N5O2S. The van der Waals surface area contributed by atoms with Crippen LogP contribution < -0.4 is 10.2 Å². The zero-order chi connectivity index (χ0) is 21.4. The van der Waals surface area contributed by atoms with Gasteiger partial charge < -0.3 is 19.9 Å². The Morgan fingerprint density at radius 2 is 1.84 bits per heavy atom. The van der Waals surface area contributed by atoms with Crippen LogP contribution in [0.25, 0.3) is 11.1 Å². The minimum Gasteiger partial charge on any atom is -0.378 e. The number of hydrogen-bond donors (Lipinski definition) is 1. The number of morpholine rings is 1. The van der Waals surface area contributed by atoms with Crippen LogP contribution in [0, 0.1) is 0 Å². The summed E-state index contributed by atoms with van der Waals surface area (Å²) in [6, 6.07) is 10.5. The molecule has 1 amide bonds. The molecule has 0 aliphatic carbocycles. The monoisotopic (exact) mass is 435 g/mol. The maximum Gasteiger partial charge on any atom is 0.273 e. The van der Waals surface area contributed by atoms with Gasteiger partial charge in [0.15, 0.2) is 0 Å². The number of amides is 1. The first-order valence-corrected chi connectivity index (χ1v) is 11.5. The molecule has 0 saturated carbocycles. The van der Waals surface area contributed by atoms with Gasteiger partial charge in [-0.25, -0.2) is 4.98 Å². The number of rotatable bonds is 5. The fourth-order valence-corrected chi connectivity index (χ4v) is 4.58. The molecular weight excluding hydrogens is 410 g/mol. The Bertz CT molecular complexity index is 1080. The van der Waals surface area contributed by atoms with Gasteiger partial charge in [0, 0.05) is 30.4 Å². The third-order valence-electron chi connectivity index (χ3n) is 5.71. The van der Waals surface area contributed by atoms with Gasteiger partial charge in [-0.1, -0.05) is 12.1 Å². The molecule has 0 radical (unpaired) electrons. The van der Waals surface area contributed by atoms with Gasteiger partial charge in [-0.15, -0.1) is 0 Å². The Morgan fingerprint density at radius 3 is 2.52 bits per heavy atom. The van der Waals surface area contributed by atoms with Crippen LogP contribution in [-0.2, 0) is 11.3 Å². The van der Waals surface area contributed by atoms with Gasteiger partial charge in [0.05, 0.1) is 19.8 Å². The summed E-state index contributed by atoms with van der Waals surface area (Å²) in [7, 11) is 0. The summed E-state index contributed by atoms with van der Waals surface area (Å²) in [6.07, 6.45) is 0. The topological polar surface area (TPSA) is 70.6 Å². The molecule has 5 rings (SSSR count). The van der Waals surface area contributed by atoms with Gasteiger partial charge >= 0.3 is 0 Å². The number of carbonyl (C=O) groups is 1. The molecule has 1 saturated heterocycles. The number of ether oxygens (including phenoxy) is 1.